The average Bonchev–Trinajstić information content (AvgIpc) is 2.90. The monoisotopic (exact) mass is 240 g/mol. The van der Waals surface area contributed by atoms with Gasteiger partial charge in [0.05, 0.1) is 11.7 Å². The molecular formula is C9H12N4S2. The topological polar surface area (TPSA) is 63.8 Å². The van der Waals surface area contributed by atoms with Crippen molar-refractivity contribution in [2.24, 2.45) is 5.84 Å². The molecule has 15 heavy (non-hydrogen) atoms. The lowest BCUT2D eigenvalue weighted by Gasteiger charge is -2.11. The van der Waals surface area contributed by atoms with E-state index in [1.165, 1.54) is 16.4 Å². The summed E-state index contributed by atoms with van der Waals surface area (Å²) in [7, 11) is 0. The predicted octanol–water partition coefficient (Wildman–Crippen LogP) is 1.74. The molecule has 2 heterocycles. The molecule has 0 spiro atoms. The first kappa shape index (κ1) is 10.7. The van der Waals surface area contributed by atoms with Crippen LogP contribution < -0.4 is 11.3 Å². The van der Waals surface area contributed by atoms with E-state index in [1.807, 2.05) is 5.38 Å². The molecule has 80 valence electrons. The van der Waals surface area contributed by atoms with Crippen molar-refractivity contribution in [3.05, 3.63) is 33.5 Å². The van der Waals surface area contributed by atoms with Gasteiger partial charge in [-0.25, -0.2) is 0 Å². The molecule has 0 fully saturated rings. The van der Waals surface area contributed by atoms with Gasteiger partial charge in [0.1, 0.15) is 0 Å². The van der Waals surface area contributed by atoms with Crippen LogP contribution in [0.3, 0.4) is 0 Å². The van der Waals surface area contributed by atoms with Crippen LogP contribution in [0.5, 0.6) is 0 Å². The zero-order valence-electron chi connectivity index (χ0n) is 8.09. The molecule has 0 saturated carbocycles. The largest absolute Gasteiger partial charge is 0.271 e. The van der Waals surface area contributed by atoms with Crippen LogP contribution in [-0.4, -0.2) is 9.59 Å². The maximum absolute atomic E-state index is 5.49. The molecule has 2 aromatic heterocycles. The molecule has 0 bridgehead atoms. The summed E-state index contributed by atoms with van der Waals surface area (Å²) >= 11 is 3.12. The first-order valence-electron chi connectivity index (χ1n) is 4.65. The number of aromatic nitrogens is 2. The normalized spacial score (nSPS) is 12.9. The van der Waals surface area contributed by atoms with Crippen LogP contribution >= 0.6 is 22.9 Å². The Hall–Kier alpha value is -0.820. The van der Waals surface area contributed by atoms with Gasteiger partial charge in [0, 0.05) is 10.3 Å². The van der Waals surface area contributed by atoms with Gasteiger partial charge in [-0.3, -0.25) is 11.3 Å². The van der Waals surface area contributed by atoms with Gasteiger partial charge in [-0.1, -0.05) is 10.6 Å². The molecule has 0 aliphatic rings. The van der Waals surface area contributed by atoms with Crippen LogP contribution in [0.4, 0.5) is 0 Å². The van der Waals surface area contributed by atoms with Crippen molar-refractivity contribution in [2.75, 3.05) is 0 Å². The Balaban J connectivity index is 1.92. The molecule has 0 aromatic carbocycles. The summed E-state index contributed by atoms with van der Waals surface area (Å²) in [4.78, 5) is 1.37. The Morgan fingerprint density at radius 2 is 2.47 bits per heavy atom. The maximum Gasteiger partial charge on any atom is 0.0938 e. The van der Waals surface area contributed by atoms with Gasteiger partial charge in [0.2, 0.25) is 0 Å². The van der Waals surface area contributed by atoms with E-state index in [9.17, 15) is 0 Å². The second-order valence-corrected chi connectivity index (χ2v) is 4.81. The van der Waals surface area contributed by atoms with Crippen LogP contribution in [0.1, 0.15) is 23.0 Å². The van der Waals surface area contributed by atoms with Crippen LogP contribution in [0, 0.1) is 0 Å². The molecule has 0 amide bonds. The summed E-state index contributed by atoms with van der Waals surface area (Å²) in [6.45, 7) is 0. The van der Waals surface area contributed by atoms with Crippen LogP contribution in [-0.2, 0) is 6.42 Å². The van der Waals surface area contributed by atoms with Crippen molar-refractivity contribution in [3.63, 3.8) is 0 Å². The summed E-state index contributed by atoms with van der Waals surface area (Å²) in [5.41, 5.74) is 3.71. The number of hydrazine groups is 1. The lowest BCUT2D eigenvalue weighted by atomic mass is 10.1. The molecule has 3 N–H and O–H groups in total. The fraction of sp³-hybridized carbons (Fsp3) is 0.333. The van der Waals surface area contributed by atoms with E-state index in [4.69, 9.17) is 5.84 Å². The van der Waals surface area contributed by atoms with Crippen molar-refractivity contribution in [1.82, 2.24) is 15.0 Å². The molecule has 0 saturated heterocycles. The first-order chi connectivity index (χ1) is 7.40. The number of aryl methyl sites for hydroxylation is 1. The Morgan fingerprint density at radius 3 is 3.07 bits per heavy atom. The van der Waals surface area contributed by atoms with Crippen molar-refractivity contribution in [2.45, 2.75) is 18.9 Å². The Labute approximate surface area is 96.3 Å². The van der Waals surface area contributed by atoms with Gasteiger partial charge in [-0.2, -0.15) is 0 Å². The molecular weight excluding hydrogens is 228 g/mol. The fourth-order valence-corrected chi connectivity index (χ4v) is 2.61. The highest BCUT2D eigenvalue weighted by atomic mass is 32.1. The molecule has 2 aromatic rings. The number of rotatable bonds is 5. The Kier molecular flexibility index (Phi) is 3.79. The highest BCUT2D eigenvalue weighted by Gasteiger charge is 2.12. The molecule has 0 aliphatic carbocycles. The third-order valence-electron chi connectivity index (χ3n) is 2.19. The predicted molar refractivity (Wildman–Crippen MR) is 62.6 cm³/mol. The van der Waals surface area contributed by atoms with E-state index in [0.717, 1.165) is 18.5 Å². The van der Waals surface area contributed by atoms with Gasteiger partial charge in [-0.05, 0) is 35.8 Å². The minimum absolute atomic E-state index is 0.103. The van der Waals surface area contributed by atoms with E-state index in [1.54, 1.807) is 11.3 Å². The smallest absolute Gasteiger partial charge is 0.0938 e. The lowest BCUT2D eigenvalue weighted by Crippen LogP contribution is -2.28. The zero-order chi connectivity index (χ0) is 10.5. The molecule has 1 unspecified atom stereocenters. The number of hydrogen-bond acceptors (Lipinski definition) is 6. The molecule has 2 rings (SSSR count). The summed E-state index contributed by atoms with van der Waals surface area (Å²) in [5, 5.41) is 8.03. The minimum Gasteiger partial charge on any atom is -0.271 e. The van der Waals surface area contributed by atoms with Gasteiger partial charge in [-0.15, -0.1) is 16.4 Å². The molecule has 1 atom stereocenters. The molecule has 0 radical (unpaired) electrons. The van der Waals surface area contributed by atoms with E-state index in [0.29, 0.717) is 0 Å². The molecule has 0 aliphatic heterocycles. The van der Waals surface area contributed by atoms with E-state index in [2.05, 4.69) is 32.5 Å². The van der Waals surface area contributed by atoms with E-state index in [-0.39, 0.29) is 6.04 Å². The van der Waals surface area contributed by atoms with Crippen LogP contribution in [0.15, 0.2) is 22.9 Å². The van der Waals surface area contributed by atoms with Gasteiger partial charge < -0.3 is 0 Å². The standard InChI is InChI=1S/C9H12N4S2/c10-11-8(9-6-15-13-12-9)4-3-7-2-1-5-14-7/h1-2,5-6,8,11H,3-4,10H2. The lowest BCUT2D eigenvalue weighted by molar-refractivity contribution is 0.505. The summed E-state index contributed by atoms with van der Waals surface area (Å²) in [6.07, 6.45) is 1.96. The van der Waals surface area contributed by atoms with Crippen LogP contribution in [0.2, 0.25) is 0 Å². The van der Waals surface area contributed by atoms with Gasteiger partial charge in [0.15, 0.2) is 0 Å². The first-order valence-corrected chi connectivity index (χ1v) is 6.37. The SMILES string of the molecule is NNC(CCc1cccs1)c1csnn1. The third kappa shape index (κ3) is 2.82. The van der Waals surface area contributed by atoms with Crippen molar-refractivity contribution in [3.8, 4) is 0 Å². The number of thiophene rings is 1. The van der Waals surface area contributed by atoms with Crippen LogP contribution in [0.25, 0.3) is 0 Å². The summed E-state index contributed by atoms with van der Waals surface area (Å²) in [5.74, 6) is 5.49. The Bertz CT molecular complexity index is 371. The van der Waals surface area contributed by atoms with Gasteiger partial charge >= 0.3 is 0 Å². The quantitative estimate of drug-likeness (QED) is 0.617. The number of hydrogen-bond donors (Lipinski definition) is 2. The third-order valence-corrected chi connectivity index (χ3v) is 3.65. The second-order valence-electron chi connectivity index (χ2n) is 3.17. The summed E-state index contributed by atoms with van der Waals surface area (Å²) < 4.78 is 3.83. The van der Waals surface area contributed by atoms with E-state index < -0.39 is 0 Å². The van der Waals surface area contributed by atoms with Crippen molar-refractivity contribution in [1.29, 1.82) is 0 Å². The number of nitrogens with two attached hydrogens (primary N) is 1. The number of nitrogens with zero attached hydrogens (tertiary/aromatic N) is 2. The highest BCUT2D eigenvalue weighted by molar-refractivity contribution is 7.09. The Morgan fingerprint density at radius 1 is 1.53 bits per heavy atom. The van der Waals surface area contributed by atoms with Gasteiger partial charge in [0.25, 0.3) is 0 Å². The number of nitrogens with one attached hydrogen (secondary N) is 1. The zero-order valence-corrected chi connectivity index (χ0v) is 9.72. The highest BCUT2D eigenvalue weighted by Crippen LogP contribution is 2.19. The average molecular weight is 240 g/mol. The molecule has 6 heteroatoms. The molecule has 4 nitrogen and oxygen atoms in total. The maximum atomic E-state index is 5.49. The minimum atomic E-state index is 0.103. The fourth-order valence-electron chi connectivity index (χ4n) is 1.38. The van der Waals surface area contributed by atoms with E-state index >= 15 is 0 Å². The van der Waals surface area contributed by atoms with Crippen molar-refractivity contribution < 1.29 is 0 Å². The summed E-state index contributed by atoms with van der Waals surface area (Å²) in [6, 6.07) is 4.30. The van der Waals surface area contributed by atoms with Crippen molar-refractivity contribution >= 4 is 22.9 Å². The second kappa shape index (κ2) is 5.32.